The standard InChI is InChI=1S/C27H40N2O3S.Na/c1-2-3-4-5-6-7-8-9-10-11-17-22-27(33(30,31)32)28-25-20-15-16-21-26(25)29(27)23-24-18-13-12-14-19-24;/h12-16,18-21,28H,2-11,17,22-23H2,1H3,(H,30,31,32);/q;+1/p-1. The number of benzene rings is 2. The van der Waals surface area contributed by atoms with Crippen molar-refractivity contribution in [1.82, 2.24) is 0 Å². The van der Waals surface area contributed by atoms with Crippen molar-refractivity contribution >= 4 is 21.5 Å². The van der Waals surface area contributed by atoms with Crippen LogP contribution in [0.2, 0.25) is 0 Å². The van der Waals surface area contributed by atoms with Crippen LogP contribution >= 0.6 is 0 Å². The molecule has 1 aliphatic rings. The Hall–Kier alpha value is -1.05. The molecule has 0 saturated carbocycles. The van der Waals surface area contributed by atoms with E-state index in [0.29, 0.717) is 18.7 Å². The topological polar surface area (TPSA) is 72.5 Å². The van der Waals surface area contributed by atoms with Gasteiger partial charge in [-0.3, -0.25) is 0 Å². The molecule has 1 atom stereocenters. The van der Waals surface area contributed by atoms with Crippen molar-refractivity contribution in [2.75, 3.05) is 10.2 Å². The fourth-order valence-electron chi connectivity index (χ4n) is 4.81. The number of unbranched alkanes of at least 4 members (excludes halogenated alkanes) is 10. The van der Waals surface area contributed by atoms with Gasteiger partial charge in [-0.1, -0.05) is 114 Å². The molecular weight excluding hydrogens is 455 g/mol. The van der Waals surface area contributed by atoms with E-state index in [9.17, 15) is 13.0 Å². The van der Waals surface area contributed by atoms with Crippen molar-refractivity contribution in [3.8, 4) is 0 Å². The van der Waals surface area contributed by atoms with Gasteiger partial charge in [0.15, 0.2) is 0 Å². The van der Waals surface area contributed by atoms with Gasteiger partial charge in [0.1, 0.15) is 10.1 Å². The molecule has 3 rings (SSSR count). The van der Waals surface area contributed by atoms with E-state index in [-0.39, 0.29) is 36.0 Å². The van der Waals surface area contributed by atoms with E-state index in [4.69, 9.17) is 0 Å². The molecule has 2 aromatic carbocycles. The van der Waals surface area contributed by atoms with Crippen LogP contribution in [0.3, 0.4) is 0 Å². The molecule has 0 aliphatic carbocycles. The summed E-state index contributed by atoms with van der Waals surface area (Å²) in [6.45, 7) is 2.60. The molecule has 182 valence electrons. The van der Waals surface area contributed by atoms with Crippen LogP contribution in [0, 0.1) is 0 Å². The summed E-state index contributed by atoms with van der Waals surface area (Å²) in [5.74, 6) is 0. The zero-order valence-corrected chi connectivity index (χ0v) is 23.8. The van der Waals surface area contributed by atoms with Gasteiger partial charge < -0.3 is 14.8 Å². The predicted molar refractivity (Wildman–Crippen MR) is 136 cm³/mol. The van der Waals surface area contributed by atoms with E-state index >= 15 is 0 Å². The summed E-state index contributed by atoms with van der Waals surface area (Å²) in [4.78, 5) is 0.113. The van der Waals surface area contributed by atoms with Gasteiger partial charge in [0, 0.05) is 13.0 Å². The molecule has 1 heterocycles. The maximum Gasteiger partial charge on any atom is 1.00 e. The Morgan fingerprint density at radius 1 is 0.794 bits per heavy atom. The second-order valence-corrected chi connectivity index (χ2v) is 10.8. The number of fused-ring (bicyclic) bond motifs is 1. The van der Waals surface area contributed by atoms with Crippen molar-refractivity contribution in [3.05, 3.63) is 60.2 Å². The van der Waals surface area contributed by atoms with Gasteiger partial charge in [0.25, 0.3) is 0 Å². The van der Waals surface area contributed by atoms with Gasteiger partial charge in [-0.25, -0.2) is 8.42 Å². The first-order valence-corrected chi connectivity index (χ1v) is 14.0. The molecule has 1 N–H and O–H groups in total. The number of hydrogen-bond acceptors (Lipinski definition) is 5. The Morgan fingerprint density at radius 3 is 1.91 bits per heavy atom. The maximum atomic E-state index is 12.7. The molecule has 0 saturated heterocycles. The van der Waals surface area contributed by atoms with Gasteiger partial charge in [0.05, 0.1) is 11.4 Å². The molecule has 34 heavy (non-hydrogen) atoms. The number of para-hydroxylation sites is 2. The Balaban J connectivity index is 0.00000408. The molecule has 0 amide bonds. The van der Waals surface area contributed by atoms with E-state index in [1.807, 2.05) is 54.6 Å². The summed E-state index contributed by atoms with van der Waals surface area (Å²) < 4.78 is 38.0. The Bertz CT molecular complexity index is 955. The van der Waals surface area contributed by atoms with E-state index in [1.165, 1.54) is 51.4 Å². The predicted octanol–water partition coefficient (Wildman–Crippen LogP) is 4.02. The summed E-state index contributed by atoms with van der Waals surface area (Å²) in [6.07, 6.45) is 13.3. The third-order valence-electron chi connectivity index (χ3n) is 6.68. The molecular formula is C27H39N2NaO3S. The molecule has 1 unspecified atom stereocenters. The SMILES string of the molecule is CCCCCCCCCCCCCC1(S(=O)(=O)[O-])Nc2ccccc2N1Cc1ccccc1.[Na+]. The normalized spacial score (nSPS) is 17.2. The molecule has 2 aromatic rings. The number of nitrogens with one attached hydrogen (secondary N) is 1. The number of anilines is 2. The largest absolute Gasteiger partial charge is 1.00 e. The van der Waals surface area contributed by atoms with Crippen LogP contribution in [0.1, 0.15) is 89.5 Å². The Kier molecular flexibility index (Phi) is 12.4. The van der Waals surface area contributed by atoms with Crippen LogP contribution in [-0.2, 0) is 16.7 Å². The summed E-state index contributed by atoms with van der Waals surface area (Å²) in [6, 6.07) is 17.2. The first kappa shape index (κ1) is 29.2. The van der Waals surface area contributed by atoms with Crippen LogP contribution in [0.5, 0.6) is 0 Å². The fourth-order valence-corrected chi connectivity index (χ4v) is 5.88. The van der Waals surface area contributed by atoms with Gasteiger partial charge in [0.2, 0.25) is 4.99 Å². The first-order valence-electron chi connectivity index (χ1n) is 12.6. The van der Waals surface area contributed by atoms with Crippen molar-refractivity contribution in [1.29, 1.82) is 0 Å². The van der Waals surface area contributed by atoms with Crippen LogP contribution < -0.4 is 39.8 Å². The van der Waals surface area contributed by atoms with Gasteiger partial charge in [-0.2, -0.15) is 0 Å². The second kappa shape index (κ2) is 14.5. The summed E-state index contributed by atoms with van der Waals surface area (Å²) in [5, 5.41) is 3.12. The van der Waals surface area contributed by atoms with E-state index in [1.54, 1.807) is 4.90 Å². The third-order valence-corrected chi connectivity index (χ3v) is 8.03. The van der Waals surface area contributed by atoms with Gasteiger partial charge >= 0.3 is 29.6 Å². The maximum absolute atomic E-state index is 12.7. The monoisotopic (exact) mass is 494 g/mol. The van der Waals surface area contributed by atoms with Crippen molar-refractivity contribution in [2.24, 2.45) is 0 Å². The van der Waals surface area contributed by atoms with Crippen molar-refractivity contribution in [2.45, 2.75) is 95.5 Å². The summed E-state index contributed by atoms with van der Waals surface area (Å²) >= 11 is 0. The Labute approximate surface area is 228 Å². The average Bonchev–Trinajstić information content (AvgIpc) is 3.12. The van der Waals surface area contributed by atoms with Gasteiger partial charge in [-0.15, -0.1) is 0 Å². The third kappa shape index (κ3) is 7.72. The molecule has 0 fully saturated rings. The number of hydrogen-bond donors (Lipinski definition) is 1. The summed E-state index contributed by atoms with van der Waals surface area (Å²) in [7, 11) is -4.65. The number of nitrogens with zero attached hydrogens (tertiary/aromatic N) is 1. The molecule has 0 bridgehead atoms. The molecule has 0 spiro atoms. The van der Waals surface area contributed by atoms with Crippen molar-refractivity contribution in [3.63, 3.8) is 0 Å². The van der Waals surface area contributed by atoms with E-state index < -0.39 is 15.1 Å². The van der Waals surface area contributed by atoms with E-state index in [0.717, 1.165) is 24.1 Å². The molecule has 0 aromatic heterocycles. The van der Waals surface area contributed by atoms with Crippen LogP contribution in [0.4, 0.5) is 11.4 Å². The average molecular weight is 495 g/mol. The molecule has 1 aliphatic heterocycles. The zero-order chi connectivity index (χ0) is 23.6. The second-order valence-electron chi connectivity index (χ2n) is 9.24. The zero-order valence-electron chi connectivity index (χ0n) is 21.0. The molecule has 5 nitrogen and oxygen atoms in total. The fraction of sp³-hybridized carbons (Fsp3) is 0.556. The van der Waals surface area contributed by atoms with Crippen LogP contribution in [0.15, 0.2) is 54.6 Å². The first-order chi connectivity index (χ1) is 16.0. The smallest absolute Gasteiger partial charge is 0.745 e. The number of rotatable bonds is 15. The quantitative estimate of drug-likeness (QED) is 0.230. The molecule has 7 heteroatoms. The Morgan fingerprint density at radius 2 is 1.32 bits per heavy atom. The minimum atomic E-state index is -4.65. The minimum Gasteiger partial charge on any atom is -0.745 e. The minimum absolute atomic E-state index is 0. The van der Waals surface area contributed by atoms with E-state index in [2.05, 4.69) is 12.2 Å². The van der Waals surface area contributed by atoms with Crippen LogP contribution in [-0.4, -0.2) is 18.0 Å². The van der Waals surface area contributed by atoms with Crippen LogP contribution in [0.25, 0.3) is 0 Å². The van der Waals surface area contributed by atoms with Crippen molar-refractivity contribution < 1.29 is 42.5 Å². The summed E-state index contributed by atoms with van der Waals surface area (Å²) in [5.41, 5.74) is 2.45. The van der Waals surface area contributed by atoms with Gasteiger partial charge in [-0.05, 0) is 24.1 Å². The molecule has 0 radical (unpaired) electrons.